The van der Waals surface area contributed by atoms with Crippen molar-refractivity contribution < 1.29 is 9.90 Å². The van der Waals surface area contributed by atoms with Crippen molar-refractivity contribution in [1.82, 2.24) is 0 Å². The van der Waals surface area contributed by atoms with E-state index in [1.54, 1.807) is 6.07 Å². The first-order chi connectivity index (χ1) is 7.54. The van der Waals surface area contributed by atoms with E-state index in [0.717, 1.165) is 21.9 Å². The lowest BCUT2D eigenvalue weighted by Gasteiger charge is -2.06. The van der Waals surface area contributed by atoms with E-state index in [1.807, 2.05) is 18.7 Å². The summed E-state index contributed by atoms with van der Waals surface area (Å²) in [5.41, 5.74) is 6.67. The van der Waals surface area contributed by atoms with E-state index >= 15 is 0 Å². The third-order valence-corrected chi connectivity index (χ3v) is 4.69. The largest absolute Gasteiger partial charge is 0.477 e. The summed E-state index contributed by atoms with van der Waals surface area (Å²) in [6.07, 6.45) is 0. The van der Waals surface area contributed by atoms with Crippen LogP contribution in [0.5, 0.6) is 0 Å². The molecule has 3 nitrogen and oxygen atoms in total. The lowest BCUT2D eigenvalue weighted by atomic mass is 10.2. The van der Waals surface area contributed by atoms with Crippen LogP contribution in [0.2, 0.25) is 0 Å². The summed E-state index contributed by atoms with van der Waals surface area (Å²) in [7, 11) is 0. The topological polar surface area (TPSA) is 63.3 Å². The van der Waals surface area contributed by atoms with Gasteiger partial charge in [-0.25, -0.2) is 4.79 Å². The van der Waals surface area contributed by atoms with Crippen LogP contribution in [-0.2, 0) is 5.75 Å². The molecule has 0 aliphatic rings. The Bertz CT molecular complexity index is 363. The standard InChI is InChI=1S/C11H17NO2S2/c1-7(4-12)5-15-6-9-3-10(11(13)14)16-8(9)2/h3,7H,4-6,12H2,1-2H3,(H,13,14). The second-order valence-corrected chi connectivity index (χ2v) is 6.14. The monoisotopic (exact) mass is 259 g/mol. The Balaban J connectivity index is 2.51. The van der Waals surface area contributed by atoms with Gasteiger partial charge in [-0.2, -0.15) is 11.8 Å². The zero-order chi connectivity index (χ0) is 12.1. The molecule has 5 heteroatoms. The van der Waals surface area contributed by atoms with Crippen molar-refractivity contribution in [3.8, 4) is 0 Å². The maximum atomic E-state index is 10.8. The molecule has 1 unspecified atom stereocenters. The van der Waals surface area contributed by atoms with E-state index in [1.165, 1.54) is 11.3 Å². The first-order valence-electron chi connectivity index (χ1n) is 5.15. The number of thiophene rings is 1. The number of carbonyl (C=O) groups is 1. The van der Waals surface area contributed by atoms with Crippen LogP contribution in [0, 0.1) is 12.8 Å². The van der Waals surface area contributed by atoms with E-state index in [9.17, 15) is 4.79 Å². The number of hydrogen-bond acceptors (Lipinski definition) is 4. The van der Waals surface area contributed by atoms with Gasteiger partial charge in [0.1, 0.15) is 4.88 Å². The number of rotatable bonds is 6. The second kappa shape index (κ2) is 6.27. The highest BCUT2D eigenvalue weighted by molar-refractivity contribution is 7.98. The molecule has 0 bridgehead atoms. The van der Waals surface area contributed by atoms with Crippen LogP contribution in [0.4, 0.5) is 0 Å². The molecular formula is C11H17NO2S2. The van der Waals surface area contributed by atoms with Crippen molar-refractivity contribution in [3.05, 3.63) is 21.4 Å². The molecule has 0 fully saturated rings. The van der Waals surface area contributed by atoms with Gasteiger partial charge >= 0.3 is 5.97 Å². The number of carboxylic acids is 1. The third kappa shape index (κ3) is 3.81. The lowest BCUT2D eigenvalue weighted by Crippen LogP contribution is -2.12. The molecule has 0 saturated carbocycles. The second-order valence-electron chi connectivity index (χ2n) is 3.85. The van der Waals surface area contributed by atoms with Gasteiger partial charge in [0.15, 0.2) is 0 Å². The zero-order valence-electron chi connectivity index (χ0n) is 9.53. The summed E-state index contributed by atoms with van der Waals surface area (Å²) in [5, 5.41) is 8.86. The first-order valence-corrected chi connectivity index (χ1v) is 7.12. The molecule has 1 rings (SSSR count). The normalized spacial score (nSPS) is 12.7. The van der Waals surface area contributed by atoms with Gasteiger partial charge in [-0.05, 0) is 36.8 Å². The van der Waals surface area contributed by atoms with Crippen LogP contribution >= 0.6 is 23.1 Å². The lowest BCUT2D eigenvalue weighted by molar-refractivity contribution is 0.0702. The maximum Gasteiger partial charge on any atom is 0.345 e. The van der Waals surface area contributed by atoms with Crippen LogP contribution in [0.25, 0.3) is 0 Å². The Morgan fingerprint density at radius 1 is 1.69 bits per heavy atom. The van der Waals surface area contributed by atoms with Crippen LogP contribution in [0.1, 0.15) is 27.0 Å². The number of hydrogen-bond donors (Lipinski definition) is 2. The van der Waals surface area contributed by atoms with Gasteiger partial charge in [-0.3, -0.25) is 0 Å². The summed E-state index contributed by atoms with van der Waals surface area (Å²) in [4.78, 5) is 12.3. The molecule has 90 valence electrons. The molecule has 0 saturated heterocycles. The maximum absolute atomic E-state index is 10.8. The van der Waals surface area contributed by atoms with Crippen molar-refractivity contribution in [2.24, 2.45) is 11.7 Å². The molecule has 1 atom stereocenters. The number of thioether (sulfide) groups is 1. The summed E-state index contributed by atoms with van der Waals surface area (Å²) in [6, 6.07) is 1.78. The average Bonchev–Trinajstić information content (AvgIpc) is 2.60. The van der Waals surface area contributed by atoms with Crippen molar-refractivity contribution in [2.45, 2.75) is 19.6 Å². The van der Waals surface area contributed by atoms with Gasteiger partial charge in [-0.1, -0.05) is 6.92 Å². The Morgan fingerprint density at radius 3 is 2.88 bits per heavy atom. The van der Waals surface area contributed by atoms with Gasteiger partial charge in [-0.15, -0.1) is 11.3 Å². The van der Waals surface area contributed by atoms with Gasteiger partial charge in [0, 0.05) is 10.6 Å². The molecule has 0 aliphatic carbocycles. The van der Waals surface area contributed by atoms with Gasteiger partial charge in [0.25, 0.3) is 0 Å². The van der Waals surface area contributed by atoms with Crippen molar-refractivity contribution in [1.29, 1.82) is 0 Å². The summed E-state index contributed by atoms with van der Waals surface area (Å²) < 4.78 is 0. The van der Waals surface area contributed by atoms with Crippen LogP contribution in [0.3, 0.4) is 0 Å². The molecule has 3 N–H and O–H groups in total. The summed E-state index contributed by atoms with van der Waals surface area (Å²) in [5.74, 6) is 1.58. The zero-order valence-corrected chi connectivity index (χ0v) is 11.2. The molecule has 0 amide bonds. The molecule has 0 spiro atoms. The molecule has 0 aliphatic heterocycles. The molecule has 0 radical (unpaired) electrons. The highest BCUT2D eigenvalue weighted by Crippen LogP contribution is 2.26. The van der Waals surface area contributed by atoms with Gasteiger partial charge in [0.05, 0.1) is 0 Å². The predicted octanol–water partition coefficient (Wildman–Crippen LogP) is 2.58. The van der Waals surface area contributed by atoms with Crippen molar-refractivity contribution in [2.75, 3.05) is 12.3 Å². The molecule has 1 aromatic rings. The van der Waals surface area contributed by atoms with Crippen LogP contribution in [-0.4, -0.2) is 23.4 Å². The minimum Gasteiger partial charge on any atom is -0.477 e. The van der Waals surface area contributed by atoms with Gasteiger partial charge < -0.3 is 10.8 Å². The SMILES string of the molecule is Cc1sc(C(=O)O)cc1CSCC(C)CN. The third-order valence-electron chi connectivity index (χ3n) is 2.29. The fourth-order valence-electron chi connectivity index (χ4n) is 1.21. The van der Waals surface area contributed by atoms with E-state index in [0.29, 0.717) is 17.3 Å². The average molecular weight is 259 g/mol. The fourth-order valence-corrected chi connectivity index (χ4v) is 3.35. The summed E-state index contributed by atoms with van der Waals surface area (Å²) in [6.45, 7) is 4.80. The van der Waals surface area contributed by atoms with Crippen LogP contribution < -0.4 is 5.73 Å². The van der Waals surface area contributed by atoms with E-state index in [-0.39, 0.29) is 0 Å². The minimum absolute atomic E-state index is 0.431. The van der Waals surface area contributed by atoms with Crippen molar-refractivity contribution in [3.63, 3.8) is 0 Å². The number of carboxylic acid groups (broad SMARTS) is 1. The quantitative estimate of drug-likeness (QED) is 0.824. The Labute approximate surface area is 104 Å². The predicted molar refractivity (Wildman–Crippen MR) is 70.4 cm³/mol. The van der Waals surface area contributed by atoms with Gasteiger partial charge in [0.2, 0.25) is 0 Å². The highest BCUT2D eigenvalue weighted by atomic mass is 32.2. The number of aryl methyl sites for hydroxylation is 1. The Kier molecular flexibility index (Phi) is 5.31. The van der Waals surface area contributed by atoms with E-state index < -0.39 is 5.97 Å². The number of nitrogens with two attached hydrogens (primary N) is 1. The number of aromatic carboxylic acids is 1. The van der Waals surface area contributed by atoms with E-state index in [2.05, 4.69) is 6.92 Å². The van der Waals surface area contributed by atoms with Crippen LogP contribution in [0.15, 0.2) is 6.07 Å². The Hall–Kier alpha value is -0.520. The van der Waals surface area contributed by atoms with E-state index in [4.69, 9.17) is 10.8 Å². The van der Waals surface area contributed by atoms with Crippen molar-refractivity contribution >= 4 is 29.1 Å². The molecule has 16 heavy (non-hydrogen) atoms. The first kappa shape index (κ1) is 13.5. The smallest absolute Gasteiger partial charge is 0.345 e. The molecule has 1 aromatic heterocycles. The molecule has 0 aromatic carbocycles. The fraction of sp³-hybridized carbons (Fsp3) is 0.545. The highest BCUT2D eigenvalue weighted by Gasteiger charge is 2.11. The molecule has 1 heterocycles. The molecular weight excluding hydrogens is 242 g/mol. The minimum atomic E-state index is -0.834. The Morgan fingerprint density at radius 2 is 2.38 bits per heavy atom. The summed E-state index contributed by atoms with van der Waals surface area (Å²) >= 11 is 3.16.